The van der Waals surface area contributed by atoms with Gasteiger partial charge in [-0.1, -0.05) is 11.6 Å². The topological polar surface area (TPSA) is 54.9 Å². The zero-order chi connectivity index (χ0) is 12.5. The van der Waals surface area contributed by atoms with E-state index >= 15 is 0 Å². The lowest BCUT2D eigenvalue weighted by Crippen LogP contribution is -2.19. The summed E-state index contributed by atoms with van der Waals surface area (Å²) in [6.45, 7) is -2.69. The van der Waals surface area contributed by atoms with Gasteiger partial charge in [0.1, 0.15) is 0 Å². The summed E-state index contributed by atoms with van der Waals surface area (Å²) >= 11 is 5.40. The second-order valence-corrected chi connectivity index (χ2v) is 1.90. The molecule has 1 N–H and O–H groups in total. The predicted molar refractivity (Wildman–Crippen MR) is 40.4 cm³/mol. The molecule has 0 spiro atoms. The molecule has 0 aliphatic carbocycles. The minimum atomic E-state index is -2.69. The van der Waals surface area contributed by atoms with Gasteiger partial charge in [0.05, 0.1) is 2.74 Å². The van der Waals surface area contributed by atoms with Gasteiger partial charge < -0.3 is 5.32 Å². The third-order valence-electron chi connectivity index (χ3n) is 0.850. The molecule has 5 heteroatoms. The van der Waals surface area contributed by atoms with Crippen molar-refractivity contribution in [3.05, 3.63) is 22.9 Å². The smallest absolute Gasteiger partial charge is 0.271 e. The molecule has 1 aromatic heterocycles. The third kappa shape index (κ3) is 1.88. The van der Waals surface area contributed by atoms with Crippen LogP contribution in [-0.4, -0.2) is 23.1 Å². The van der Waals surface area contributed by atoms with E-state index in [1.54, 1.807) is 5.32 Å². The molecule has 0 saturated carbocycles. The summed E-state index contributed by atoms with van der Waals surface area (Å²) in [5, 5.41) is 7.84. The van der Waals surface area contributed by atoms with Crippen molar-refractivity contribution in [3.63, 3.8) is 0 Å². The molecule has 0 fully saturated rings. The molecule has 0 unspecified atom stereocenters. The van der Waals surface area contributed by atoms with Crippen molar-refractivity contribution in [2.45, 2.75) is 0 Å². The summed E-state index contributed by atoms with van der Waals surface area (Å²) in [7, 11) is 0. The highest BCUT2D eigenvalue weighted by atomic mass is 35.5. The molecule has 1 heterocycles. The number of carbonyl (C=O) groups excluding carboxylic acids is 1. The number of hydrogen-bond acceptors (Lipinski definition) is 3. The van der Waals surface area contributed by atoms with Crippen molar-refractivity contribution >= 4 is 17.5 Å². The Labute approximate surface area is 75.6 Å². The lowest BCUT2D eigenvalue weighted by molar-refractivity contribution is 0.0957. The second-order valence-electron chi connectivity index (χ2n) is 1.54. The normalized spacial score (nSPS) is 17.0. The molecule has 0 aromatic carbocycles. The lowest BCUT2D eigenvalue weighted by Gasteiger charge is -1.95. The maximum Gasteiger partial charge on any atom is 0.271 e. The average Bonchev–Trinajstić information content (AvgIpc) is 2.11. The molecule has 0 radical (unpaired) electrons. The number of halogens is 1. The second kappa shape index (κ2) is 3.30. The molecule has 58 valence electrons. The van der Waals surface area contributed by atoms with Gasteiger partial charge in [-0.05, 0) is 12.1 Å². The third-order valence-corrected chi connectivity index (χ3v) is 1.02. The molecule has 0 bridgehead atoms. The Kier molecular flexibility index (Phi) is 1.05. The molecule has 0 saturated heterocycles. The lowest BCUT2D eigenvalue weighted by atomic mass is 10.4. The van der Waals surface area contributed by atoms with E-state index in [2.05, 4.69) is 10.2 Å². The maximum absolute atomic E-state index is 11.3. The number of nitrogens with one attached hydrogen (secondary N) is 1. The Morgan fingerprint density at radius 3 is 3.36 bits per heavy atom. The van der Waals surface area contributed by atoms with Crippen LogP contribution in [0.1, 0.15) is 17.3 Å². The number of carbonyl (C=O) groups is 1. The highest BCUT2D eigenvalue weighted by Crippen LogP contribution is 2.01. The first-order chi connectivity index (χ1) is 7.22. The zero-order valence-electron chi connectivity index (χ0n) is 10.2. The molecule has 0 aliphatic heterocycles. The van der Waals surface area contributed by atoms with Crippen LogP contribution in [0.4, 0.5) is 0 Å². The van der Waals surface area contributed by atoms with Crippen LogP contribution < -0.4 is 5.32 Å². The number of hydrogen-bond donors (Lipinski definition) is 1. The monoisotopic (exact) mass is 176 g/mol. The van der Waals surface area contributed by atoms with Crippen LogP contribution in [0, 0.1) is 0 Å². The van der Waals surface area contributed by atoms with Crippen LogP contribution in [-0.2, 0) is 0 Å². The Morgan fingerprint density at radius 2 is 2.64 bits per heavy atom. The van der Waals surface area contributed by atoms with Crippen LogP contribution in [0.2, 0.25) is 5.15 Å². The van der Waals surface area contributed by atoms with Gasteiger partial charge in [-0.3, -0.25) is 4.79 Å². The fourth-order valence-corrected chi connectivity index (χ4v) is 0.501. The molecule has 0 atom stereocenters. The standard InChI is InChI=1S/C6H6ClN3O/c1-8-6(11)4-2-3-5(7)10-9-4/h2-3H,1H3,(H,8,11)/i1D3,2D,3D. The van der Waals surface area contributed by atoms with E-state index in [9.17, 15) is 4.79 Å². The van der Waals surface area contributed by atoms with Gasteiger partial charge in [-0.2, -0.15) is 0 Å². The van der Waals surface area contributed by atoms with Gasteiger partial charge in [-0.15, -0.1) is 10.2 Å². The van der Waals surface area contributed by atoms with Crippen LogP contribution in [0.15, 0.2) is 12.1 Å². The first kappa shape index (κ1) is 3.49. The van der Waals surface area contributed by atoms with Gasteiger partial charge in [0, 0.05) is 11.1 Å². The predicted octanol–water partition coefficient (Wildman–Crippen LogP) is 0.490. The summed E-state index contributed by atoms with van der Waals surface area (Å²) in [6, 6.07) is -1.05. The number of rotatable bonds is 1. The minimum Gasteiger partial charge on any atom is -0.354 e. The van der Waals surface area contributed by atoms with Crippen molar-refractivity contribution in [1.82, 2.24) is 15.5 Å². The van der Waals surface area contributed by atoms with Crippen LogP contribution >= 0.6 is 11.6 Å². The van der Waals surface area contributed by atoms with E-state index in [0.29, 0.717) is 0 Å². The number of nitrogens with zero attached hydrogens (tertiary/aromatic N) is 2. The highest BCUT2D eigenvalue weighted by molar-refractivity contribution is 6.29. The van der Waals surface area contributed by atoms with Gasteiger partial charge in [0.15, 0.2) is 10.8 Å². The van der Waals surface area contributed by atoms with Crippen molar-refractivity contribution in [3.8, 4) is 0 Å². The molecular weight excluding hydrogens is 166 g/mol. The van der Waals surface area contributed by atoms with Gasteiger partial charge in [-0.25, -0.2) is 0 Å². The molecule has 1 rings (SSSR count). The minimum absolute atomic E-state index is 0.324. The van der Waals surface area contributed by atoms with E-state index in [-0.39, 0.29) is 5.15 Å². The Bertz CT molecular complexity index is 435. The molecule has 4 nitrogen and oxygen atoms in total. The zero-order valence-corrected chi connectivity index (χ0v) is 5.94. The van der Waals surface area contributed by atoms with Crippen molar-refractivity contribution in [2.24, 2.45) is 0 Å². The maximum atomic E-state index is 11.3. The molecule has 11 heavy (non-hydrogen) atoms. The molecule has 1 amide bonds. The fourth-order valence-electron chi connectivity index (χ4n) is 0.416. The van der Waals surface area contributed by atoms with Crippen LogP contribution in [0.5, 0.6) is 0 Å². The van der Waals surface area contributed by atoms with E-state index in [4.69, 9.17) is 18.5 Å². The van der Waals surface area contributed by atoms with E-state index in [0.717, 1.165) is 0 Å². The Morgan fingerprint density at radius 1 is 1.82 bits per heavy atom. The SMILES string of the molecule is [2H]c1c(Cl)nnc(C(=O)NC([2H])([2H])[2H])c1[2H]. The van der Waals surface area contributed by atoms with Gasteiger partial charge in [0.2, 0.25) is 0 Å². The molecular formula is C6H6ClN3O. The first-order valence-electron chi connectivity index (χ1n) is 5.04. The molecule has 1 aromatic rings. The first-order valence-corrected chi connectivity index (χ1v) is 2.92. The van der Waals surface area contributed by atoms with E-state index < -0.39 is 30.7 Å². The summed E-state index contributed by atoms with van der Waals surface area (Å²) < 4.78 is 35.0. The van der Waals surface area contributed by atoms with Crippen molar-refractivity contribution < 1.29 is 11.6 Å². The van der Waals surface area contributed by atoms with Crippen molar-refractivity contribution in [2.75, 3.05) is 6.98 Å². The summed E-state index contributed by atoms with van der Waals surface area (Å²) in [5.41, 5.74) is -0.550. The number of amides is 1. The van der Waals surface area contributed by atoms with Crippen LogP contribution in [0.25, 0.3) is 0 Å². The summed E-state index contributed by atoms with van der Waals surface area (Å²) in [6.07, 6.45) is 0. The number of aromatic nitrogens is 2. The Balaban J connectivity index is 3.06. The quantitative estimate of drug-likeness (QED) is 0.678. The van der Waals surface area contributed by atoms with Gasteiger partial charge in [0.25, 0.3) is 5.91 Å². The summed E-state index contributed by atoms with van der Waals surface area (Å²) in [5.74, 6) is -1.09. The van der Waals surface area contributed by atoms with E-state index in [1.807, 2.05) is 0 Å². The van der Waals surface area contributed by atoms with E-state index in [1.165, 1.54) is 0 Å². The van der Waals surface area contributed by atoms with Crippen LogP contribution in [0.3, 0.4) is 0 Å². The average molecular weight is 177 g/mol. The Hall–Kier alpha value is -1.16. The molecule has 0 aliphatic rings. The van der Waals surface area contributed by atoms with Crippen molar-refractivity contribution in [1.29, 1.82) is 0 Å². The summed E-state index contributed by atoms with van der Waals surface area (Å²) in [4.78, 5) is 11.3. The highest BCUT2D eigenvalue weighted by Gasteiger charge is 2.03. The largest absolute Gasteiger partial charge is 0.354 e. The van der Waals surface area contributed by atoms with Gasteiger partial charge >= 0.3 is 0 Å². The fraction of sp³-hybridized carbons (Fsp3) is 0.167.